The van der Waals surface area contributed by atoms with Crippen molar-refractivity contribution in [3.05, 3.63) is 27.0 Å². The van der Waals surface area contributed by atoms with Gasteiger partial charge in [-0.25, -0.2) is 17.9 Å². The van der Waals surface area contributed by atoms with E-state index in [4.69, 9.17) is 0 Å². The molecule has 10 heteroatoms. The van der Waals surface area contributed by atoms with Gasteiger partial charge in [-0.2, -0.15) is 0 Å². The summed E-state index contributed by atoms with van der Waals surface area (Å²) in [6.07, 6.45) is 1.72. The van der Waals surface area contributed by atoms with E-state index in [2.05, 4.69) is 10.0 Å². The third-order valence-electron chi connectivity index (χ3n) is 3.09. The van der Waals surface area contributed by atoms with E-state index in [9.17, 15) is 18.0 Å². The average Bonchev–Trinajstić information content (AvgIpc) is 2.83. The predicted molar refractivity (Wildman–Crippen MR) is 75.8 cm³/mol. The van der Waals surface area contributed by atoms with Crippen LogP contribution in [0.25, 0.3) is 0 Å². The number of nitrogens with zero attached hydrogens (tertiary/aromatic N) is 2. The van der Waals surface area contributed by atoms with Crippen molar-refractivity contribution in [3.8, 4) is 0 Å². The Hall–Kier alpha value is -1.16. The fraction of sp³-hybridized carbons (Fsp3) is 0.600. The van der Waals surface area contributed by atoms with Gasteiger partial charge in [0.25, 0.3) is 5.56 Å². The molecule has 2 heterocycles. The van der Waals surface area contributed by atoms with Gasteiger partial charge in [-0.1, -0.05) is 0 Å². The fourth-order valence-electron chi connectivity index (χ4n) is 2.00. The van der Waals surface area contributed by atoms with Crippen LogP contribution in [0.3, 0.4) is 0 Å². The summed E-state index contributed by atoms with van der Waals surface area (Å²) in [5.41, 5.74) is -1.38. The van der Waals surface area contributed by atoms with Crippen LogP contribution in [0.4, 0.5) is 0 Å². The van der Waals surface area contributed by atoms with Gasteiger partial charge in [0.2, 0.25) is 10.0 Å². The van der Waals surface area contributed by atoms with Gasteiger partial charge in [0, 0.05) is 32.9 Å². The molecule has 114 valence electrons. The maximum absolute atomic E-state index is 12.2. The maximum Gasteiger partial charge on any atom is 0.330 e. The van der Waals surface area contributed by atoms with Crippen molar-refractivity contribution in [1.29, 1.82) is 0 Å². The number of hydrogen-bond donors (Lipinski definition) is 2. The number of aryl methyl sites for hydroxylation is 1. The summed E-state index contributed by atoms with van der Waals surface area (Å²) in [6.45, 7) is 1.27. The van der Waals surface area contributed by atoms with Crippen molar-refractivity contribution >= 4 is 22.4 Å². The smallest absolute Gasteiger partial charge is 0.315 e. The van der Waals surface area contributed by atoms with E-state index in [-0.39, 0.29) is 18.4 Å². The minimum Gasteiger partial charge on any atom is -0.315 e. The van der Waals surface area contributed by atoms with Crippen LogP contribution in [-0.2, 0) is 24.1 Å². The van der Waals surface area contributed by atoms with Gasteiger partial charge >= 0.3 is 5.69 Å². The first-order chi connectivity index (χ1) is 8.83. The monoisotopic (exact) mass is 324 g/mol. The summed E-state index contributed by atoms with van der Waals surface area (Å²) in [5.74, 6) is 0. The Morgan fingerprint density at radius 1 is 1.35 bits per heavy atom. The average molecular weight is 325 g/mol. The van der Waals surface area contributed by atoms with Gasteiger partial charge in [0.15, 0.2) is 4.90 Å². The predicted octanol–water partition coefficient (Wildman–Crippen LogP) is -1.85. The first-order valence-corrected chi connectivity index (χ1v) is 7.31. The zero-order chi connectivity index (χ0) is 14.2. The molecule has 1 aliphatic heterocycles. The molecule has 1 aromatic rings. The van der Waals surface area contributed by atoms with Gasteiger partial charge < -0.3 is 9.88 Å². The molecule has 0 amide bonds. The molecule has 0 saturated carbocycles. The molecular formula is C10H17ClN4O4S. The van der Waals surface area contributed by atoms with E-state index in [1.807, 2.05) is 0 Å². The van der Waals surface area contributed by atoms with E-state index in [0.29, 0.717) is 13.0 Å². The lowest BCUT2D eigenvalue weighted by Crippen LogP contribution is -2.44. The molecule has 2 rings (SSSR count). The van der Waals surface area contributed by atoms with Crippen molar-refractivity contribution in [2.45, 2.75) is 17.4 Å². The summed E-state index contributed by atoms with van der Waals surface area (Å²) >= 11 is 0. The Kier molecular flexibility index (Phi) is 5.14. The standard InChI is InChI=1S/C10H16N4O4S.ClH/c1-13-6-8(9(15)14(2)10(13)16)19(17,18)12-7-3-4-11-5-7;/h6-7,11-12H,3-5H2,1-2H3;1H. The minimum absolute atomic E-state index is 0. The molecule has 0 bridgehead atoms. The highest BCUT2D eigenvalue weighted by Gasteiger charge is 2.26. The topological polar surface area (TPSA) is 102 Å². The van der Waals surface area contributed by atoms with Crippen molar-refractivity contribution in [2.75, 3.05) is 13.1 Å². The Balaban J connectivity index is 0.00000200. The SMILES string of the molecule is Cl.Cn1cc(S(=O)(=O)NC2CCNC2)c(=O)n(C)c1=O. The Morgan fingerprint density at radius 3 is 2.55 bits per heavy atom. The van der Waals surface area contributed by atoms with Crippen molar-refractivity contribution in [2.24, 2.45) is 14.1 Å². The van der Waals surface area contributed by atoms with Gasteiger partial charge in [0.05, 0.1) is 0 Å². The molecular weight excluding hydrogens is 308 g/mol. The van der Waals surface area contributed by atoms with Gasteiger partial charge in [-0.05, 0) is 13.0 Å². The third-order valence-corrected chi connectivity index (χ3v) is 4.59. The van der Waals surface area contributed by atoms with Crippen molar-refractivity contribution in [1.82, 2.24) is 19.2 Å². The zero-order valence-corrected chi connectivity index (χ0v) is 12.8. The zero-order valence-electron chi connectivity index (χ0n) is 11.1. The van der Waals surface area contributed by atoms with Crippen LogP contribution >= 0.6 is 12.4 Å². The highest BCUT2D eigenvalue weighted by Crippen LogP contribution is 2.05. The van der Waals surface area contributed by atoms with Crippen LogP contribution in [-0.4, -0.2) is 36.7 Å². The second kappa shape index (κ2) is 6.08. The van der Waals surface area contributed by atoms with E-state index >= 15 is 0 Å². The lowest BCUT2D eigenvalue weighted by Gasteiger charge is -2.12. The molecule has 2 N–H and O–H groups in total. The molecule has 0 aromatic carbocycles. The number of aromatic nitrogens is 2. The fourth-order valence-corrected chi connectivity index (χ4v) is 3.43. The molecule has 1 saturated heterocycles. The second-order valence-corrected chi connectivity index (χ2v) is 6.24. The minimum atomic E-state index is -3.92. The summed E-state index contributed by atoms with van der Waals surface area (Å²) < 4.78 is 28.6. The first-order valence-electron chi connectivity index (χ1n) is 5.82. The number of rotatable bonds is 3. The van der Waals surface area contributed by atoms with Crippen LogP contribution in [0.1, 0.15) is 6.42 Å². The van der Waals surface area contributed by atoms with Gasteiger partial charge in [0.1, 0.15) is 0 Å². The van der Waals surface area contributed by atoms with Crippen LogP contribution < -0.4 is 21.3 Å². The molecule has 1 atom stereocenters. The third kappa shape index (κ3) is 3.11. The molecule has 1 unspecified atom stereocenters. The number of halogens is 1. The van der Waals surface area contributed by atoms with E-state index in [0.717, 1.165) is 21.9 Å². The van der Waals surface area contributed by atoms with Crippen LogP contribution in [0, 0.1) is 0 Å². The molecule has 0 spiro atoms. The van der Waals surface area contributed by atoms with Gasteiger partial charge in [-0.3, -0.25) is 9.36 Å². The largest absolute Gasteiger partial charge is 0.330 e. The number of hydrogen-bond acceptors (Lipinski definition) is 5. The molecule has 0 aliphatic carbocycles. The Bertz CT molecular complexity index is 703. The summed E-state index contributed by atoms with van der Waals surface area (Å²) in [5, 5.41) is 3.03. The molecule has 1 fully saturated rings. The summed E-state index contributed by atoms with van der Waals surface area (Å²) in [6, 6.07) is -0.230. The van der Waals surface area contributed by atoms with E-state index in [1.54, 1.807) is 0 Å². The van der Waals surface area contributed by atoms with Crippen LogP contribution in [0.5, 0.6) is 0 Å². The Morgan fingerprint density at radius 2 is 2.00 bits per heavy atom. The lowest BCUT2D eigenvalue weighted by atomic mass is 10.3. The molecule has 20 heavy (non-hydrogen) atoms. The number of nitrogens with one attached hydrogen (secondary N) is 2. The van der Waals surface area contributed by atoms with Crippen molar-refractivity contribution in [3.63, 3.8) is 0 Å². The van der Waals surface area contributed by atoms with Gasteiger partial charge in [-0.15, -0.1) is 12.4 Å². The second-order valence-electron chi connectivity index (χ2n) is 4.56. The Labute approximate surface area is 122 Å². The quantitative estimate of drug-likeness (QED) is 0.679. The first kappa shape index (κ1) is 16.9. The number of sulfonamides is 1. The van der Waals surface area contributed by atoms with Crippen LogP contribution in [0.15, 0.2) is 20.7 Å². The highest BCUT2D eigenvalue weighted by molar-refractivity contribution is 7.89. The maximum atomic E-state index is 12.2. The molecule has 1 aliphatic rings. The molecule has 0 radical (unpaired) electrons. The lowest BCUT2D eigenvalue weighted by molar-refractivity contribution is 0.552. The molecule has 1 aromatic heterocycles. The molecule has 8 nitrogen and oxygen atoms in total. The highest BCUT2D eigenvalue weighted by atomic mass is 35.5. The summed E-state index contributed by atoms with van der Waals surface area (Å²) in [7, 11) is -1.27. The van der Waals surface area contributed by atoms with E-state index in [1.165, 1.54) is 14.1 Å². The van der Waals surface area contributed by atoms with Crippen molar-refractivity contribution < 1.29 is 8.42 Å². The normalized spacial score (nSPS) is 18.8. The van der Waals surface area contributed by atoms with E-state index < -0.39 is 26.2 Å². The van der Waals surface area contributed by atoms with Crippen LogP contribution in [0.2, 0.25) is 0 Å². The summed E-state index contributed by atoms with van der Waals surface area (Å²) in [4.78, 5) is 23.0.